The largest absolute Gasteiger partial charge is 0.381 e. The number of hydrogen-bond acceptors (Lipinski definition) is 1. The van der Waals surface area contributed by atoms with Crippen LogP contribution in [0.4, 0.5) is 8.78 Å². The molecule has 0 unspecified atom stereocenters. The fourth-order valence-corrected chi connectivity index (χ4v) is 2.06. The third kappa shape index (κ3) is 4.06. The van der Waals surface area contributed by atoms with E-state index >= 15 is 0 Å². The topological polar surface area (TPSA) is 9.23 Å². The Balaban J connectivity index is 2.45. The second-order valence-corrected chi connectivity index (χ2v) is 5.43. The molecule has 0 amide bonds. The Hall–Kier alpha value is -0.440. The van der Waals surface area contributed by atoms with E-state index in [0.29, 0.717) is 13.2 Å². The first-order valence-corrected chi connectivity index (χ1v) is 6.55. The van der Waals surface area contributed by atoms with Crippen molar-refractivity contribution in [2.24, 2.45) is 11.3 Å². The summed E-state index contributed by atoms with van der Waals surface area (Å²) in [7, 11) is 0. The molecule has 0 aliphatic heterocycles. The number of allylic oxidation sites excluding steroid dienone is 2. The minimum absolute atomic E-state index is 0.138. The van der Waals surface area contributed by atoms with E-state index in [0.717, 1.165) is 25.3 Å². The van der Waals surface area contributed by atoms with Gasteiger partial charge in [-0.05, 0) is 37.7 Å². The van der Waals surface area contributed by atoms with Gasteiger partial charge >= 0.3 is 0 Å². The Labute approximate surface area is 103 Å². The summed E-state index contributed by atoms with van der Waals surface area (Å²) < 4.78 is 32.2. The molecule has 0 bridgehead atoms. The number of rotatable bonds is 7. The maximum atomic E-state index is 13.4. The SMILES string of the molecule is CCOCC1(C/C=C/C(F)(F)C(C)C)CCC1. The molecule has 0 aromatic rings. The molecule has 1 fully saturated rings. The van der Waals surface area contributed by atoms with Gasteiger partial charge in [0.05, 0.1) is 6.61 Å². The van der Waals surface area contributed by atoms with Crippen LogP contribution in [-0.4, -0.2) is 19.1 Å². The van der Waals surface area contributed by atoms with Crippen LogP contribution in [0.3, 0.4) is 0 Å². The lowest BCUT2D eigenvalue weighted by atomic mass is 9.67. The Kier molecular flexibility index (Phi) is 5.11. The molecule has 0 atom stereocenters. The Bertz CT molecular complexity index is 255. The molecular formula is C14H24F2O. The molecule has 0 aromatic carbocycles. The van der Waals surface area contributed by atoms with Crippen LogP contribution >= 0.6 is 0 Å². The number of ether oxygens (including phenoxy) is 1. The molecule has 1 nitrogen and oxygen atoms in total. The van der Waals surface area contributed by atoms with E-state index in [1.807, 2.05) is 6.92 Å². The predicted octanol–water partition coefficient (Wildman–Crippen LogP) is 4.43. The van der Waals surface area contributed by atoms with Crippen molar-refractivity contribution >= 4 is 0 Å². The van der Waals surface area contributed by atoms with Gasteiger partial charge in [-0.1, -0.05) is 26.3 Å². The first-order valence-electron chi connectivity index (χ1n) is 6.55. The summed E-state index contributed by atoms with van der Waals surface area (Å²) in [5.74, 6) is -3.32. The van der Waals surface area contributed by atoms with Crippen LogP contribution in [0.1, 0.15) is 46.5 Å². The summed E-state index contributed by atoms with van der Waals surface area (Å²) in [6, 6.07) is 0. The third-order valence-electron chi connectivity index (χ3n) is 3.69. The molecule has 0 saturated heterocycles. The molecule has 1 saturated carbocycles. The average Bonchev–Trinajstić information content (AvgIpc) is 2.20. The highest BCUT2D eigenvalue weighted by Crippen LogP contribution is 2.44. The molecule has 0 heterocycles. The molecule has 0 spiro atoms. The van der Waals surface area contributed by atoms with Crippen molar-refractivity contribution in [1.82, 2.24) is 0 Å². The fraction of sp³-hybridized carbons (Fsp3) is 0.857. The Morgan fingerprint density at radius 1 is 1.35 bits per heavy atom. The van der Waals surface area contributed by atoms with Crippen LogP contribution in [0.2, 0.25) is 0 Å². The normalized spacial score (nSPS) is 19.9. The highest BCUT2D eigenvalue weighted by atomic mass is 19.3. The van der Waals surface area contributed by atoms with Crippen molar-refractivity contribution < 1.29 is 13.5 Å². The van der Waals surface area contributed by atoms with E-state index in [1.54, 1.807) is 19.9 Å². The van der Waals surface area contributed by atoms with E-state index < -0.39 is 11.8 Å². The molecule has 0 aromatic heterocycles. The molecule has 100 valence electrons. The lowest BCUT2D eigenvalue weighted by molar-refractivity contribution is -0.00411. The van der Waals surface area contributed by atoms with Crippen molar-refractivity contribution in [3.63, 3.8) is 0 Å². The lowest BCUT2D eigenvalue weighted by Gasteiger charge is -2.41. The van der Waals surface area contributed by atoms with Gasteiger partial charge in [-0.2, -0.15) is 0 Å². The van der Waals surface area contributed by atoms with Crippen molar-refractivity contribution in [2.45, 2.75) is 52.4 Å². The Morgan fingerprint density at radius 3 is 2.41 bits per heavy atom. The van der Waals surface area contributed by atoms with Gasteiger partial charge in [0.2, 0.25) is 0 Å². The van der Waals surface area contributed by atoms with Gasteiger partial charge in [-0.15, -0.1) is 0 Å². The van der Waals surface area contributed by atoms with Crippen molar-refractivity contribution in [3.8, 4) is 0 Å². The van der Waals surface area contributed by atoms with Gasteiger partial charge in [-0.3, -0.25) is 0 Å². The molecule has 3 heteroatoms. The van der Waals surface area contributed by atoms with Crippen LogP contribution in [0.25, 0.3) is 0 Å². The number of alkyl halides is 2. The highest BCUT2D eigenvalue weighted by Gasteiger charge is 2.36. The zero-order chi connectivity index (χ0) is 12.9. The van der Waals surface area contributed by atoms with Crippen LogP contribution in [0.5, 0.6) is 0 Å². The van der Waals surface area contributed by atoms with Gasteiger partial charge in [0.1, 0.15) is 0 Å². The quantitative estimate of drug-likeness (QED) is 0.604. The Morgan fingerprint density at radius 2 is 2.00 bits per heavy atom. The summed E-state index contributed by atoms with van der Waals surface area (Å²) in [5, 5.41) is 0. The monoisotopic (exact) mass is 246 g/mol. The minimum atomic E-state index is -2.68. The minimum Gasteiger partial charge on any atom is -0.381 e. The zero-order valence-electron chi connectivity index (χ0n) is 11.1. The standard InChI is InChI=1S/C14H24F2O/c1-4-17-11-13(7-5-8-13)9-6-10-14(15,16)12(2)3/h6,10,12H,4-5,7-9,11H2,1-3H3/b10-6+. The lowest BCUT2D eigenvalue weighted by Crippen LogP contribution is -2.34. The molecule has 1 aliphatic carbocycles. The maximum Gasteiger partial charge on any atom is 0.268 e. The fourth-order valence-electron chi connectivity index (χ4n) is 2.06. The van der Waals surface area contributed by atoms with Crippen molar-refractivity contribution in [1.29, 1.82) is 0 Å². The van der Waals surface area contributed by atoms with Gasteiger partial charge in [0.15, 0.2) is 0 Å². The number of halogens is 2. The highest BCUT2D eigenvalue weighted by molar-refractivity contribution is 5.01. The molecule has 1 rings (SSSR count). The summed E-state index contributed by atoms with van der Waals surface area (Å²) in [5.41, 5.74) is 0.138. The van der Waals surface area contributed by atoms with Gasteiger partial charge in [0, 0.05) is 12.5 Å². The van der Waals surface area contributed by atoms with Crippen LogP contribution in [0, 0.1) is 11.3 Å². The number of hydrogen-bond donors (Lipinski definition) is 0. The van der Waals surface area contributed by atoms with Gasteiger partial charge in [0.25, 0.3) is 5.92 Å². The summed E-state index contributed by atoms with van der Waals surface area (Å²) in [6.45, 7) is 6.47. The zero-order valence-corrected chi connectivity index (χ0v) is 11.1. The molecule has 0 N–H and O–H groups in total. The van der Waals surface area contributed by atoms with E-state index in [2.05, 4.69) is 0 Å². The third-order valence-corrected chi connectivity index (χ3v) is 3.69. The average molecular weight is 246 g/mol. The summed E-state index contributed by atoms with van der Waals surface area (Å²) >= 11 is 0. The first-order chi connectivity index (χ1) is 7.92. The maximum absolute atomic E-state index is 13.4. The second kappa shape index (κ2) is 5.94. The van der Waals surface area contributed by atoms with Gasteiger partial charge in [-0.25, -0.2) is 8.78 Å². The smallest absolute Gasteiger partial charge is 0.268 e. The second-order valence-electron chi connectivity index (χ2n) is 5.43. The van der Waals surface area contributed by atoms with E-state index in [4.69, 9.17) is 4.74 Å². The molecule has 0 radical (unpaired) electrons. The molecule has 17 heavy (non-hydrogen) atoms. The first kappa shape index (κ1) is 14.6. The van der Waals surface area contributed by atoms with E-state index in [9.17, 15) is 8.78 Å². The van der Waals surface area contributed by atoms with Crippen LogP contribution in [-0.2, 0) is 4.74 Å². The molecule has 1 aliphatic rings. The van der Waals surface area contributed by atoms with Crippen LogP contribution < -0.4 is 0 Å². The van der Waals surface area contributed by atoms with Gasteiger partial charge < -0.3 is 4.74 Å². The van der Waals surface area contributed by atoms with Crippen molar-refractivity contribution in [2.75, 3.05) is 13.2 Å². The summed E-state index contributed by atoms with van der Waals surface area (Å²) in [4.78, 5) is 0. The molecular weight excluding hydrogens is 222 g/mol. The predicted molar refractivity (Wildman–Crippen MR) is 66.3 cm³/mol. The van der Waals surface area contributed by atoms with E-state index in [1.165, 1.54) is 6.42 Å². The summed E-state index contributed by atoms with van der Waals surface area (Å²) in [6.07, 6.45) is 6.84. The van der Waals surface area contributed by atoms with Crippen molar-refractivity contribution in [3.05, 3.63) is 12.2 Å². The van der Waals surface area contributed by atoms with E-state index in [-0.39, 0.29) is 5.41 Å². The van der Waals surface area contributed by atoms with Crippen LogP contribution in [0.15, 0.2) is 12.2 Å².